The van der Waals surface area contributed by atoms with Crippen molar-refractivity contribution in [2.75, 3.05) is 13.1 Å². The van der Waals surface area contributed by atoms with Crippen LogP contribution in [0.4, 0.5) is 4.79 Å². The molecule has 0 saturated carbocycles. The smallest absolute Gasteiger partial charge is 0.410 e. The van der Waals surface area contributed by atoms with Crippen LogP contribution >= 0.6 is 0 Å². The van der Waals surface area contributed by atoms with E-state index in [0.717, 1.165) is 0 Å². The average molecular weight is 283 g/mol. The fourth-order valence-corrected chi connectivity index (χ4v) is 2.20. The Labute approximate surface area is 118 Å². The topological polar surface area (TPSA) is 87.7 Å². The van der Waals surface area contributed by atoms with Gasteiger partial charge < -0.3 is 9.64 Å². The van der Waals surface area contributed by atoms with Crippen LogP contribution in [0.1, 0.15) is 33.6 Å². The minimum absolute atomic E-state index is 0.0754. The number of likely N-dealkylation sites (tertiary alicyclic amines) is 1. The van der Waals surface area contributed by atoms with Crippen molar-refractivity contribution in [3.63, 3.8) is 0 Å². The van der Waals surface area contributed by atoms with Gasteiger partial charge in [0.25, 0.3) is 0 Å². The Morgan fingerprint density at radius 2 is 2.00 bits per heavy atom. The van der Waals surface area contributed by atoms with Crippen LogP contribution in [0.25, 0.3) is 0 Å². The van der Waals surface area contributed by atoms with E-state index in [0.29, 0.717) is 25.9 Å². The Morgan fingerprint density at radius 3 is 2.55 bits per heavy atom. The predicted octanol–water partition coefficient (Wildman–Crippen LogP) is 0.000500. The van der Waals surface area contributed by atoms with Gasteiger partial charge in [-0.05, 0) is 27.2 Å². The van der Waals surface area contributed by atoms with Crippen molar-refractivity contribution in [1.82, 2.24) is 15.5 Å². The van der Waals surface area contributed by atoms with Crippen molar-refractivity contribution in [3.8, 4) is 0 Å². The third-order valence-corrected chi connectivity index (χ3v) is 3.21. The summed E-state index contributed by atoms with van der Waals surface area (Å²) in [6, 6.07) is -0.273. The first-order valence-electron chi connectivity index (χ1n) is 6.82. The Kier molecular flexibility index (Phi) is 3.99. The first kappa shape index (κ1) is 14.8. The van der Waals surface area contributed by atoms with Crippen LogP contribution in [-0.2, 0) is 14.3 Å². The number of carbonyl (C=O) groups excluding carboxylic acids is 3. The molecule has 2 N–H and O–H groups in total. The maximum absolute atomic E-state index is 11.7. The molecular formula is C13H21N3O4. The van der Waals surface area contributed by atoms with Gasteiger partial charge in [-0.15, -0.1) is 0 Å². The molecular weight excluding hydrogens is 262 g/mol. The quantitative estimate of drug-likeness (QED) is 0.697. The number of nitrogens with one attached hydrogen (secondary N) is 2. The standard InChI is InChI=1S/C13H21N3O4/c1-13(2,3)20-12(19)16-6-8(7-16)14-9-4-5-10(17)15-11(9)18/h8-9,14H,4-7H2,1-3H3,(H,15,17,18). The summed E-state index contributed by atoms with van der Waals surface area (Å²) in [4.78, 5) is 35.9. The first-order valence-corrected chi connectivity index (χ1v) is 6.82. The minimum Gasteiger partial charge on any atom is -0.444 e. The second-order valence-electron chi connectivity index (χ2n) is 6.25. The van der Waals surface area contributed by atoms with Crippen molar-refractivity contribution in [1.29, 1.82) is 0 Å². The lowest BCUT2D eigenvalue weighted by atomic mass is 10.0. The molecule has 2 heterocycles. The number of hydrogen-bond donors (Lipinski definition) is 2. The fraction of sp³-hybridized carbons (Fsp3) is 0.769. The molecule has 3 amide bonds. The van der Waals surface area contributed by atoms with E-state index in [1.54, 1.807) is 4.90 Å². The van der Waals surface area contributed by atoms with Crippen molar-refractivity contribution >= 4 is 17.9 Å². The van der Waals surface area contributed by atoms with E-state index >= 15 is 0 Å². The molecule has 2 fully saturated rings. The monoisotopic (exact) mass is 283 g/mol. The zero-order valence-electron chi connectivity index (χ0n) is 12.1. The first-order chi connectivity index (χ1) is 9.24. The summed E-state index contributed by atoms with van der Waals surface area (Å²) in [6.45, 7) is 6.51. The maximum atomic E-state index is 11.7. The Balaban J connectivity index is 1.73. The molecule has 0 spiro atoms. The summed E-state index contributed by atoms with van der Waals surface area (Å²) in [5.41, 5.74) is -0.501. The molecule has 2 aliphatic rings. The summed E-state index contributed by atoms with van der Waals surface area (Å²) in [5, 5.41) is 5.46. The number of nitrogens with zero attached hydrogens (tertiary/aromatic N) is 1. The zero-order chi connectivity index (χ0) is 14.9. The molecule has 2 saturated heterocycles. The van der Waals surface area contributed by atoms with Crippen LogP contribution in [0.15, 0.2) is 0 Å². The number of amides is 3. The van der Waals surface area contributed by atoms with Gasteiger partial charge in [0.2, 0.25) is 11.8 Å². The van der Waals surface area contributed by atoms with Crippen LogP contribution in [-0.4, -0.2) is 53.6 Å². The van der Waals surface area contributed by atoms with E-state index in [4.69, 9.17) is 4.74 Å². The number of carbonyl (C=O) groups is 3. The van der Waals surface area contributed by atoms with Crippen LogP contribution in [0, 0.1) is 0 Å². The highest BCUT2D eigenvalue weighted by Crippen LogP contribution is 2.16. The van der Waals surface area contributed by atoms with E-state index in [2.05, 4.69) is 10.6 Å². The number of ether oxygens (including phenoxy) is 1. The number of hydrogen-bond acceptors (Lipinski definition) is 5. The van der Waals surface area contributed by atoms with Gasteiger partial charge >= 0.3 is 6.09 Å². The summed E-state index contributed by atoms with van der Waals surface area (Å²) in [7, 11) is 0. The Morgan fingerprint density at radius 1 is 1.35 bits per heavy atom. The van der Waals surface area contributed by atoms with Crippen LogP contribution in [0.5, 0.6) is 0 Å². The van der Waals surface area contributed by atoms with Gasteiger partial charge in [0, 0.05) is 25.6 Å². The molecule has 1 atom stereocenters. The molecule has 112 valence electrons. The minimum atomic E-state index is -0.501. The van der Waals surface area contributed by atoms with Crippen molar-refractivity contribution in [2.45, 2.75) is 51.3 Å². The van der Waals surface area contributed by atoms with Crippen molar-refractivity contribution in [3.05, 3.63) is 0 Å². The molecule has 0 bridgehead atoms. The third-order valence-electron chi connectivity index (χ3n) is 3.21. The largest absolute Gasteiger partial charge is 0.444 e. The van der Waals surface area contributed by atoms with Gasteiger partial charge in [0.15, 0.2) is 0 Å². The highest BCUT2D eigenvalue weighted by molar-refractivity contribution is 6.00. The second-order valence-corrected chi connectivity index (χ2v) is 6.25. The molecule has 0 radical (unpaired) electrons. The molecule has 0 aromatic carbocycles. The fourth-order valence-electron chi connectivity index (χ4n) is 2.20. The number of imide groups is 1. The molecule has 7 heteroatoms. The van der Waals surface area contributed by atoms with Gasteiger partial charge in [-0.1, -0.05) is 0 Å². The number of rotatable bonds is 2. The lowest BCUT2D eigenvalue weighted by molar-refractivity contribution is -0.135. The highest BCUT2D eigenvalue weighted by atomic mass is 16.6. The van der Waals surface area contributed by atoms with Gasteiger partial charge in [0.1, 0.15) is 5.60 Å². The van der Waals surface area contributed by atoms with E-state index in [-0.39, 0.29) is 30.0 Å². The lowest BCUT2D eigenvalue weighted by Crippen LogP contribution is -2.65. The number of piperidine rings is 1. The van der Waals surface area contributed by atoms with Crippen LogP contribution in [0.2, 0.25) is 0 Å². The molecule has 0 aromatic heterocycles. The molecule has 20 heavy (non-hydrogen) atoms. The van der Waals surface area contributed by atoms with Crippen LogP contribution in [0.3, 0.4) is 0 Å². The Hall–Kier alpha value is -1.63. The highest BCUT2D eigenvalue weighted by Gasteiger charge is 2.37. The SMILES string of the molecule is CC(C)(C)OC(=O)N1CC(NC2CCC(=O)NC2=O)C1. The van der Waals surface area contributed by atoms with Gasteiger partial charge in [-0.25, -0.2) is 4.79 Å². The summed E-state index contributed by atoms with van der Waals surface area (Å²) < 4.78 is 5.25. The van der Waals surface area contributed by atoms with Crippen molar-refractivity contribution in [2.24, 2.45) is 0 Å². The average Bonchev–Trinajstić information content (AvgIpc) is 2.22. The lowest BCUT2D eigenvalue weighted by Gasteiger charge is -2.41. The molecule has 0 aromatic rings. The van der Waals surface area contributed by atoms with Gasteiger partial charge in [-0.2, -0.15) is 0 Å². The normalized spacial score (nSPS) is 24.1. The van der Waals surface area contributed by atoms with E-state index < -0.39 is 5.60 Å². The molecule has 7 nitrogen and oxygen atoms in total. The van der Waals surface area contributed by atoms with Crippen LogP contribution < -0.4 is 10.6 Å². The zero-order valence-corrected chi connectivity index (χ0v) is 12.1. The van der Waals surface area contributed by atoms with E-state index in [1.165, 1.54) is 0 Å². The van der Waals surface area contributed by atoms with E-state index in [1.807, 2.05) is 20.8 Å². The molecule has 2 rings (SSSR count). The molecule has 1 unspecified atom stereocenters. The maximum Gasteiger partial charge on any atom is 0.410 e. The third kappa shape index (κ3) is 3.69. The summed E-state index contributed by atoms with van der Waals surface area (Å²) >= 11 is 0. The summed E-state index contributed by atoms with van der Waals surface area (Å²) in [6.07, 6.45) is 0.526. The molecule has 0 aliphatic carbocycles. The molecule has 2 aliphatic heterocycles. The van der Waals surface area contributed by atoms with E-state index in [9.17, 15) is 14.4 Å². The summed E-state index contributed by atoms with van der Waals surface area (Å²) in [5.74, 6) is -0.506. The van der Waals surface area contributed by atoms with Crippen molar-refractivity contribution < 1.29 is 19.1 Å². The second kappa shape index (κ2) is 5.40. The van der Waals surface area contributed by atoms with Gasteiger partial charge in [-0.3, -0.25) is 20.2 Å². The predicted molar refractivity (Wildman–Crippen MR) is 70.9 cm³/mol. The van der Waals surface area contributed by atoms with Gasteiger partial charge in [0.05, 0.1) is 6.04 Å². The Bertz CT molecular complexity index is 424.